The number of halogens is 1. The van der Waals surface area contributed by atoms with Crippen LogP contribution in [0.4, 0.5) is 0 Å². The maximum Gasteiger partial charge on any atom is 0.331 e. The lowest BCUT2D eigenvalue weighted by Gasteiger charge is -2.19. The van der Waals surface area contributed by atoms with Gasteiger partial charge in [0.2, 0.25) is 0 Å². The zero-order valence-electron chi connectivity index (χ0n) is 15.0. The zero-order valence-corrected chi connectivity index (χ0v) is 15.8. The van der Waals surface area contributed by atoms with E-state index in [-0.39, 0.29) is 6.04 Å². The van der Waals surface area contributed by atoms with Gasteiger partial charge in [-0.25, -0.2) is 9.80 Å². The molecule has 1 amide bonds. The van der Waals surface area contributed by atoms with Crippen molar-refractivity contribution in [3.05, 3.63) is 70.7 Å². The van der Waals surface area contributed by atoms with Gasteiger partial charge in [0.15, 0.2) is 6.61 Å². The third kappa shape index (κ3) is 4.65. The Bertz CT molecular complexity index is 881. The highest BCUT2D eigenvalue weighted by Crippen LogP contribution is 2.33. The average Bonchev–Trinajstić information content (AvgIpc) is 3.29. The quantitative estimate of drug-likeness (QED) is 0.572. The minimum atomic E-state index is -0.556. The van der Waals surface area contributed by atoms with Crippen LogP contribution >= 0.6 is 11.6 Å². The molecule has 0 N–H and O–H groups in total. The minimum Gasteiger partial charge on any atom is -0.467 e. The van der Waals surface area contributed by atoms with Gasteiger partial charge in [-0.3, -0.25) is 4.79 Å². The number of esters is 1. The highest BCUT2D eigenvalue weighted by Gasteiger charge is 2.35. The van der Waals surface area contributed by atoms with E-state index in [2.05, 4.69) is 5.10 Å². The number of benzene rings is 1. The van der Waals surface area contributed by atoms with Crippen LogP contribution in [0.2, 0.25) is 5.02 Å². The number of carbonyl (C=O) groups excluding carboxylic acids is 2. The Hall–Kier alpha value is -2.86. The van der Waals surface area contributed by atoms with Gasteiger partial charge < -0.3 is 9.15 Å². The smallest absolute Gasteiger partial charge is 0.331 e. The molecular weight excluding hydrogens is 368 g/mol. The van der Waals surface area contributed by atoms with Gasteiger partial charge in [-0.05, 0) is 43.7 Å². The van der Waals surface area contributed by atoms with E-state index in [9.17, 15) is 9.59 Å². The number of hydrogen-bond acceptors (Lipinski definition) is 5. The number of ether oxygens (including phenoxy) is 1. The standard InChI is InChI=1S/C20H19ClN2O4/c1-13(2)10-20(25)27-12-19(24)23-17(18-4-3-9-26-18)11-16(22-23)14-5-7-15(21)8-6-14/h3-10,17H,11-12H2,1-2H3/t17-/m0/s1. The summed E-state index contributed by atoms with van der Waals surface area (Å²) >= 11 is 5.94. The van der Waals surface area contributed by atoms with Crippen molar-refractivity contribution < 1.29 is 18.7 Å². The van der Waals surface area contributed by atoms with E-state index in [1.807, 2.05) is 12.1 Å². The Balaban J connectivity index is 1.79. The summed E-state index contributed by atoms with van der Waals surface area (Å²) in [6.45, 7) is 3.16. The highest BCUT2D eigenvalue weighted by molar-refractivity contribution is 6.30. The van der Waals surface area contributed by atoms with Crippen molar-refractivity contribution in [2.45, 2.75) is 26.3 Å². The van der Waals surface area contributed by atoms with Crippen LogP contribution in [0.25, 0.3) is 0 Å². The van der Waals surface area contributed by atoms with E-state index in [1.54, 1.807) is 44.4 Å². The van der Waals surface area contributed by atoms with Crippen molar-refractivity contribution in [2.75, 3.05) is 6.61 Å². The second-order valence-corrected chi connectivity index (χ2v) is 6.79. The minimum absolute atomic E-state index is 0.389. The largest absolute Gasteiger partial charge is 0.467 e. The van der Waals surface area contributed by atoms with Crippen molar-refractivity contribution in [1.82, 2.24) is 5.01 Å². The van der Waals surface area contributed by atoms with Crippen molar-refractivity contribution >= 4 is 29.2 Å². The Morgan fingerprint density at radius 3 is 2.67 bits per heavy atom. The van der Waals surface area contributed by atoms with Crippen molar-refractivity contribution in [3.8, 4) is 0 Å². The van der Waals surface area contributed by atoms with Gasteiger partial charge in [-0.2, -0.15) is 5.10 Å². The van der Waals surface area contributed by atoms with Crippen LogP contribution in [-0.2, 0) is 14.3 Å². The zero-order chi connectivity index (χ0) is 19.4. The molecule has 1 aromatic carbocycles. The van der Waals surface area contributed by atoms with E-state index in [0.29, 0.717) is 17.2 Å². The monoisotopic (exact) mass is 386 g/mol. The Kier molecular flexibility index (Phi) is 5.76. The van der Waals surface area contributed by atoms with Crippen LogP contribution in [0.15, 0.2) is 63.8 Å². The summed E-state index contributed by atoms with van der Waals surface area (Å²) in [7, 11) is 0. The number of amides is 1. The van der Waals surface area contributed by atoms with Crippen LogP contribution in [0.3, 0.4) is 0 Å². The molecule has 2 heterocycles. The first-order chi connectivity index (χ1) is 12.9. The van der Waals surface area contributed by atoms with Crippen molar-refractivity contribution in [3.63, 3.8) is 0 Å². The van der Waals surface area contributed by atoms with E-state index >= 15 is 0 Å². The van der Waals surface area contributed by atoms with Crippen LogP contribution < -0.4 is 0 Å². The molecule has 2 aromatic rings. The fraction of sp³-hybridized carbons (Fsp3) is 0.250. The number of hydrazone groups is 1. The van der Waals surface area contributed by atoms with Gasteiger partial charge in [-0.15, -0.1) is 0 Å². The summed E-state index contributed by atoms with van der Waals surface area (Å²) in [5.41, 5.74) is 2.40. The SMILES string of the molecule is CC(C)=CC(=O)OCC(=O)N1N=C(c2ccc(Cl)cc2)C[C@H]1c1ccco1. The molecule has 3 rings (SSSR count). The maximum atomic E-state index is 12.6. The van der Waals surface area contributed by atoms with Gasteiger partial charge in [0.1, 0.15) is 11.8 Å². The number of furan rings is 1. The number of allylic oxidation sites excluding steroid dienone is 1. The van der Waals surface area contributed by atoms with E-state index in [1.165, 1.54) is 11.1 Å². The summed E-state index contributed by atoms with van der Waals surface area (Å²) in [6, 6.07) is 10.4. The fourth-order valence-electron chi connectivity index (χ4n) is 2.74. The molecule has 0 spiro atoms. The molecule has 1 aliphatic rings. The molecule has 0 saturated heterocycles. The molecule has 6 nitrogen and oxygen atoms in total. The summed E-state index contributed by atoms with van der Waals surface area (Å²) in [5, 5.41) is 6.40. The first-order valence-electron chi connectivity index (χ1n) is 8.44. The van der Waals surface area contributed by atoms with Gasteiger partial charge in [0.05, 0.1) is 12.0 Å². The second kappa shape index (κ2) is 8.22. The maximum absolute atomic E-state index is 12.6. The molecule has 1 aromatic heterocycles. The molecule has 0 saturated carbocycles. The fourth-order valence-corrected chi connectivity index (χ4v) is 2.86. The van der Waals surface area contributed by atoms with Crippen molar-refractivity contribution in [2.24, 2.45) is 5.10 Å². The molecular formula is C20H19ClN2O4. The van der Waals surface area contributed by atoms with Crippen LogP contribution in [0.1, 0.15) is 37.6 Å². The number of nitrogens with zero attached hydrogens (tertiary/aromatic N) is 2. The topological polar surface area (TPSA) is 72.1 Å². The summed E-state index contributed by atoms with van der Waals surface area (Å²) in [5.74, 6) is -0.360. The Labute approximate surface area is 162 Å². The summed E-state index contributed by atoms with van der Waals surface area (Å²) < 4.78 is 10.5. The molecule has 0 unspecified atom stereocenters. The summed E-state index contributed by atoms with van der Waals surface area (Å²) in [6.07, 6.45) is 3.37. The van der Waals surface area contributed by atoms with Gasteiger partial charge in [0, 0.05) is 17.5 Å². The highest BCUT2D eigenvalue weighted by atomic mass is 35.5. The van der Waals surface area contributed by atoms with E-state index in [4.69, 9.17) is 20.8 Å². The molecule has 27 heavy (non-hydrogen) atoms. The third-order valence-corrected chi connectivity index (χ3v) is 4.21. The first-order valence-corrected chi connectivity index (χ1v) is 8.82. The lowest BCUT2D eigenvalue weighted by molar-refractivity contribution is -0.149. The molecule has 7 heteroatoms. The Morgan fingerprint density at radius 2 is 2.04 bits per heavy atom. The average molecular weight is 387 g/mol. The second-order valence-electron chi connectivity index (χ2n) is 6.36. The van der Waals surface area contributed by atoms with E-state index in [0.717, 1.165) is 16.8 Å². The molecule has 0 fully saturated rings. The Morgan fingerprint density at radius 1 is 1.30 bits per heavy atom. The predicted octanol–water partition coefficient (Wildman–Crippen LogP) is 4.12. The number of carbonyl (C=O) groups is 2. The molecule has 1 aliphatic heterocycles. The van der Waals surface area contributed by atoms with Gasteiger partial charge in [-0.1, -0.05) is 29.3 Å². The normalized spacial score (nSPS) is 16.0. The molecule has 1 atom stereocenters. The van der Waals surface area contributed by atoms with Gasteiger partial charge in [0.25, 0.3) is 5.91 Å². The van der Waals surface area contributed by atoms with Gasteiger partial charge >= 0.3 is 5.97 Å². The molecule has 0 radical (unpaired) electrons. The lowest BCUT2D eigenvalue weighted by atomic mass is 10.0. The van der Waals surface area contributed by atoms with E-state index < -0.39 is 18.5 Å². The summed E-state index contributed by atoms with van der Waals surface area (Å²) in [4.78, 5) is 24.3. The molecule has 140 valence electrons. The van der Waals surface area contributed by atoms with Crippen LogP contribution in [0.5, 0.6) is 0 Å². The lowest BCUT2D eigenvalue weighted by Crippen LogP contribution is -2.31. The molecule has 0 bridgehead atoms. The number of rotatable bonds is 5. The number of hydrogen-bond donors (Lipinski definition) is 0. The molecule has 0 aliphatic carbocycles. The van der Waals surface area contributed by atoms with Crippen LogP contribution in [0, 0.1) is 0 Å². The van der Waals surface area contributed by atoms with Crippen LogP contribution in [-0.4, -0.2) is 29.2 Å². The predicted molar refractivity (Wildman–Crippen MR) is 101 cm³/mol. The first kappa shape index (κ1) is 18.9. The van der Waals surface area contributed by atoms with Crippen molar-refractivity contribution in [1.29, 1.82) is 0 Å². The third-order valence-electron chi connectivity index (χ3n) is 3.96.